The Morgan fingerprint density at radius 3 is 2.37 bits per heavy atom. The van der Waals surface area contributed by atoms with Gasteiger partial charge in [0.05, 0.1) is 6.54 Å². The Labute approximate surface area is 180 Å². The third kappa shape index (κ3) is 5.08. The van der Waals surface area contributed by atoms with Gasteiger partial charge in [0.25, 0.3) is 5.91 Å². The molecule has 1 heterocycles. The predicted octanol–water partition coefficient (Wildman–Crippen LogP) is 2.85. The van der Waals surface area contributed by atoms with Crippen LogP contribution in [0.1, 0.15) is 22.8 Å². The fraction of sp³-hybridized carbons (Fsp3) is 0.333. The number of nitrogens with two attached hydrogens (primary N) is 1. The second kappa shape index (κ2) is 9.88. The zero-order chi connectivity index (χ0) is 21.7. The molecular weight excluding hydrogens is 409 g/mol. The average molecular weight is 434 g/mol. The molecule has 0 unspecified atom stereocenters. The lowest BCUT2D eigenvalue weighted by Gasteiger charge is -2.37. The van der Waals surface area contributed by atoms with Crippen molar-refractivity contribution in [1.29, 1.82) is 0 Å². The second-order valence-corrected chi connectivity index (χ2v) is 7.48. The van der Waals surface area contributed by atoms with E-state index in [4.69, 9.17) is 17.4 Å². The number of likely N-dealkylation sites (N-methyl/N-ethyl adjacent to an activating group) is 1. The van der Waals surface area contributed by atoms with Gasteiger partial charge in [0.2, 0.25) is 0 Å². The van der Waals surface area contributed by atoms with Gasteiger partial charge < -0.3 is 9.80 Å². The number of hydrazine groups is 1. The molecular formula is C21H25ClFN5O2. The lowest BCUT2D eigenvalue weighted by atomic mass is 10.1. The van der Waals surface area contributed by atoms with Gasteiger partial charge in [0, 0.05) is 48.0 Å². The first-order chi connectivity index (χ1) is 14.4. The van der Waals surface area contributed by atoms with E-state index in [1.54, 1.807) is 29.2 Å². The van der Waals surface area contributed by atoms with Crippen molar-refractivity contribution >= 4 is 29.2 Å². The van der Waals surface area contributed by atoms with E-state index in [1.807, 2.05) is 5.43 Å². The maximum Gasteiger partial charge on any atom is 0.324 e. The molecule has 0 aliphatic carbocycles. The van der Waals surface area contributed by atoms with Gasteiger partial charge in [0.1, 0.15) is 5.82 Å². The van der Waals surface area contributed by atoms with Crippen LogP contribution < -0.4 is 16.2 Å². The first-order valence-electron chi connectivity index (χ1n) is 9.76. The van der Waals surface area contributed by atoms with Crippen molar-refractivity contribution in [2.24, 2.45) is 5.84 Å². The number of nitrogen functional groups attached to an aromatic ring is 1. The molecule has 3 rings (SSSR count). The topological polar surface area (TPSA) is 81.9 Å². The van der Waals surface area contributed by atoms with Gasteiger partial charge in [-0.2, -0.15) is 0 Å². The number of halogens is 2. The van der Waals surface area contributed by atoms with Crippen LogP contribution in [-0.4, -0.2) is 54.5 Å². The van der Waals surface area contributed by atoms with Crippen molar-refractivity contribution in [2.75, 3.05) is 37.6 Å². The van der Waals surface area contributed by atoms with Crippen LogP contribution in [0.5, 0.6) is 0 Å². The van der Waals surface area contributed by atoms with Crippen molar-refractivity contribution in [3.8, 4) is 0 Å². The zero-order valence-corrected chi connectivity index (χ0v) is 17.5. The number of nitrogens with one attached hydrogen (secondary N) is 1. The molecule has 3 amide bonds. The molecule has 160 valence electrons. The number of hydrogen-bond acceptors (Lipinski definition) is 4. The quantitative estimate of drug-likeness (QED) is 0.431. The van der Waals surface area contributed by atoms with Gasteiger partial charge in [-0.25, -0.2) is 15.0 Å². The van der Waals surface area contributed by atoms with E-state index >= 15 is 0 Å². The third-order valence-electron chi connectivity index (χ3n) is 5.23. The van der Waals surface area contributed by atoms with E-state index in [9.17, 15) is 14.0 Å². The Kier molecular flexibility index (Phi) is 7.25. The van der Waals surface area contributed by atoms with E-state index < -0.39 is 11.7 Å². The number of nitrogens with zero attached hydrogens (tertiary/aromatic N) is 3. The molecule has 0 atom stereocenters. The minimum Gasteiger partial charge on any atom is -0.322 e. The van der Waals surface area contributed by atoms with E-state index in [0.29, 0.717) is 29.4 Å². The zero-order valence-electron chi connectivity index (χ0n) is 16.8. The summed E-state index contributed by atoms with van der Waals surface area (Å²) in [5, 5.41) is 0.547. The standard InChI is InChI=1S/C21H25ClFN5O2/c1-2-26-9-11-27(12-10-26)21(30)28(18-7-5-17(22)6-8-18)14-16-4-3-15(13-19(16)23)20(29)25-24/h3-8,13H,2,9-12,14,24H2,1H3,(H,25,29). The number of hydrogen-bond donors (Lipinski definition) is 2. The summed E-state index contributed by atoms with van der Waals surface area (Å²) in [5.74, 6) is 3.94. The molecule has 0 aromatic heterocycles. The largest absolute Gasteiger partial charge is 0.324 e. The van der Waals surface area contributed by atoms with E-state index in [-0.39, 0.29) is 18.1 Å². The molecule has 1 aliphatic heterocycles. The lowest BCUT2D eigenvalue weighted by Crippen LogP contribution is -2.52. The number of amides is 3. The van der Waals surface area contributed by atoms with Crippen LogP contribution in [0.3, 0.4) is 0 Å². The highest BCUT2D eigenvalue weighted by molar-refractivity contribution is 6.30. The number of rotatable bonds is 5. The molecule has 7 nitrogen and oxygen atoms in total. The minimum absolute atomic E-state index is 0.0187. The maximum atomic E-state index is 14.7. The number of urea groups is 1. The van der Waals surface area contributed by atoms with Crippen molar-refractivity contribution in [1.82, 2.24) is 15.2 Å². The van der Waals surface area contributed by atoms with Crippen molar-refractivity contribution in [3.05, 3.63) is 64.4 Å². The lowest BCUT2D eigenvalue weighted by molar-refractivity contribution is 0.0953. The molecule has 1 aliphatic rings. The molecule has 0 bridgehead atoms. The summed E-state index contributed by atoms with van der Waals surface area (Å²) in [5.41, 5.74) is 2.99. The summed E-state index contributed by atoms with van der Waals surface area (Å²) in [4.78, 5) is 30.5. The van der Waals surface area contributed by atoms with Crippen LogP contribution >= 0.6 is 11.6 Å². The number of carbonyl (C=O) groups excluding carboxylic acids is 2. The summed E-state index contributed by atoms with van der Waals surface area (Å²) < 4.78 is 14.7. The van der Waals surface area contributed by atoms with Gasteiger partial charge in [-0.15, -0.1) is 0 Å². The average Bonchev–Trinajstić information content (AvgIpc) is 2.78. The minimum atomic E-state index is -0.585. The first kappa shape index (κ1) is 22.0. The maximum absolute atomic E-state index is 14.7. The molecule has 0 spiro atoms. The summed E-state index contributed by atoms with van der Waals surface area (Å²) >= 11 is 6.00. The fourth-order valence-corrected chi connectivity index (χ4v) is 3.51. The number of carbonyl (C=O) groups is 2. The van der Waals surface area contributed by atoms with Gasteiger partial charge in [-0.1, -0.05) is 24.6 Å². The predicted molar refractivity (Wildman–Crippen MR) is 115 cm³/mol. The molecule has 0 saturated carbocycles. The van der Waals surface area contributed by atoms with Crippen LogP contribution in [0.2, 0.25) is 5.02 Å². The Bertz CT molecular complexity index is 901. The SMILES string of the molecule is CCN1CCN(C(=O)N(Cc2ccc(C(=O)NN)cc2F)c2ccc(Cl)cc2)CC1. The van der Waals surface area contributed by atoms with Gasteiger partial charge in [-0.3, -0.25) is 15.1 Å². The molecule has 2 aromatic rings. The second-order valence-electron chi connectivity index (χ2n) is 7.05. The van der Waals surface area contributed by atoms with Crippen LogP contribution in [-0.2, 0) is 6.54 Å². The first-order valence-corrected chi connectivity index (χ1v) is 10.1. The van der Waals surface area contributed by atoms with E-state index in [1.165, 1.54) is 17.0 Å². The van der Waals surface area contributed by atoms with Gasteiger partial charge >= 0.3 is 6.03 Å². The summed E-state index contributed by atoms with van der Waals surface area (Å²) in [6.45, 7) is 5.86. The normalized spacial score (nSPS) is 14.5. The molecule has 3 N–H and O–H groups in total. The van der Waals surface area contributed by atoms with Crippen molar-refractivity contribution < 1.29 is 14.0 Å². The number of piperazine rings is 1. The molecule has 2 aromatic carbocycles. The van der Waals surface area contributed by atoms with Crippen molar-refractivity contribution in [3.63, 3.8) is 0 Å². The van der Waals surface area contributed by atoms with Crippen LogP contribution in [0.15, 0.2) is 42.5 Å². The highest BCUT2D eigenvalue weighted by Crippen LogP contribution is 2.23. The number of benzene rings is 2. The number of anilines is 1. The Hall–Kier alpha value is -2.68. The summed E-state index contributed by atoms with van der Waals surface area (Å²) in [6, 6.07) is 10.7. The van der Waals surface area contributed by atoms with Crippen LogP contribution in [0, 0.1) is 5.82 Å². The van der Waals surface area contributed by atoms with E-state index in [0.717, 1.165) is 25.7 Å². The highest BCUT2D eigenvalue weighted by Gasteiger charge is 2.27. The van der Waals surface area contributed by atoms with Gasteiger partial charge in [-0.05, 0) is 42.9 Å². The molecule has 0 radical (unpaired) electrons. The highest BCUT2D eigenvalue weighted by atomic mass is 35.5. The smallest absolute Gasteiger partial charge is 0.322 e. The molecule has 9 heteroatoms. The van der Waals surface area contributed by atoms with E-state index in [2.05, 4.69) is 11.8 Å². The monoisotopic (exact) mass is 433 g/mol. The third-order valence-corrected chi connectivity index (χ3v) is 5.49. The Morgan fingerprint density at radius 1 is 1.13 bits per heavy atom. The van der Waals surface area contributed by atoms with Crippen LogP contribution in [0.4, 0.5) is 14.9 Å². The molecule has 1 saturated heterocycles. The molecule has 30 heavy (non-hydrogen) atoms. The fourth-order valence-electron chi connectivity index (χ4n) is 3.39. The van der Waals surface area contributed by atoms with Crippen LogP contribution in [0.25, 0.3) is 0 Å². The molecule has 1 fully saturated rings. The summed E-state index contributed by atoms with van der Waals surface area (Å²) in [6.07, 6.45) is 0. The van der Waals surface area contributed by atoms with Crippen molar-refractivity contribution in [2.45, 2.75) is 13.5 Å². The Balaban J connectivity index is 1.86. The Morgan fingerprint density at radius 2 is 1.80 bits per heavy atom. The van der Waals surface area contributed by atoms with Gasteiger partial charge in [0.15, 0.2) is 0 Å². The summed E-state index contributed by atoms with van der Waals surface area (Å²) in [7, 11) is 0.